The highest BCUT2D eigenvalue weighted by Gasteiger charge is 2.20. The summed E-state index contributed by atoms with van der Waals surface area (Å²) >= 11 is 1.52. The van der Waals surface area contributed by atoms with E-state index < -0.39 is 0 Å². The van der Waals surface area contributed by atoms with Crippen molar-refractivity contribution >= 4 is 23.0 Å². The van der Waals surface area contributed by atoms with Crippen molar-refractivity contribution in [1.82, 2.24) is 0 Å². The normalized spacial score (nSPS) is 12.4. The number of thioether (sulfide) groups is 1. The monoisotopic (exact) mass is 178 g/mol. The molecule has 0 saturated carbocycles. The zero-order valence-electron chi connectivity index (χ0n) is 6.70. The Morgan fingerprint density at radius 3 is 3.33 bits per heavy atom. The third-order valence-corrected chi connectivity index (χ3v) is 2.31. The second-order valence-corrected chi connectivity index (χ2v) is 3.19. The van der Waals surface area contributed by atoms with Crippen molar-refractivity contribution in [2.45, 2.75) is 11.8 Å². The molecule has 1 heterocycles. The van der Waals surface area contributed by atoms with Crippen molar-refractivity contribution in [3.8, 4) is 5.75 Å². The van der Waals surface area contributed by atoms with Crippen LogP contribution in [0.15, 0.2) is 28.1 Å². The molecule has 0 unspecified atom stereocenters. The van der Waals surface area contributed by atoms with Crippen LogP contribution in [0.1, 0.15) is 6.92 Å². The van der Waals surface area contributed by atoms with Gasteiger partial charge in [0.15, 0.2) is 4.90 Å². The first-order valence-corrected chi connectivity index (χ1v) is 4.61. The van der Waals surface area contributed by atoms with Crippen molar-refractivity contribution in [2.24, 2.45) is 4.99 Å². The van der Waals surface area contributed by atoms with Crippen LogP contribution in [-0.4, -0.2) is 12.2 Å². The Labute approximate surface area is 75.7 Å². The summed E-state index contributed by atoms with van der Waals surface area (Å²) in [5.41, 5.74) is 3.81. The highest BCUT2D eigenvalue weighted by molar-refractivity contribution is 8.12. The Morgan fingerprint density at radius 1 is 1.58 bits per heavy atom. The number of fused-ring (bicyclic) bond motifs is 1. The number of nitrogens with zero attached hydrogens (tertiary/aromatic N) is 1. The summed E-state index contributed by atoms with van der Waals surface area (Å²) in [5, 5.41) is 0. The maximum absolute atomic E-state index is 5.33. The summed E-state index contributed by atoms with van der Waals surface area (Å²) in [4.78, 5) is 5.23. The van der Waals surface area contributed by atoms with E-state index in [-0.39, 0.29) is 0 Å². The first-order valence-electron chi connectivity index (χ1n) is 3.79. The molecule has 3 heteroatoms. The predicted octanol–water partition coefficient (Wildman–Crippen LogP) is 2.73. The van der Waals surface area contributed by atoms with Gasteiger partial charge in [-0.05, 0) is 19.1 Å². The van der Waals surface area contributed by atoms with Crippen LogP contribution in [-0.2, 0) is 0 Å². The molecule has 1 aliphatic heterocycles. The average molecular weight is 178 g/mol. The highest BCUT2D eigenvalue weighted by atomic mass is 32.2. The second-order valence-electron chi connectivity index (χ2n) is 2.37. The molecule has 0 atom stereocenters. The lowest BCUT2D eigenvalue weighted by Gasteiger charge is -1.99. The summed E-state index contributed by atoms with van der Waals surface area (Å²) < 4.78 is 5.33. The van der Waals surface area contributed by atoms with E-state index in [2.05, 4.69) is 10.5 Å². The van der Waals surface area contributed by atoms with Crippen LogP contribution in [0.5, 0.6) is 5.75 Å². The Kier molecular flexibility index (Phi) is 1.98. The summed E-state index contributed by atoms with van der Waals surface area (Å²) in [6, 6.07) is 5.90. The lowest BCUT2D eigenvalue weighted by atomic mass is 10.3. The number of aliphatic imine (C=N–C) groups is 1. The van der Waals surface area contributed by atoms with Crippen LogP contribution < -0.4 is 4.74 Å². The molecule has 0 radical (unpaired) electrons. The molecule has 60 valence electrons. The largest absolute Gasteiger partial charge is 0.492 e. The van der Waals surface area contributed by atoms with E-state index in [9.17, 15) is 0 Å². The van der Waals surface area contributed by atoms with Crippen molar-refractivity contribution in [3.63, 3.8) is 0 Å². The van der Waals surface area contributed by atoms with Crippen LogP contribution in [0.2, 0.25) is 0 Å². The van der Waals surface area contributed by atoms with Crippen molar-refractivity contribution in [3.05, 3.63) is 18.2 Å². The average Bonchev–Trinajstić information content (AvgIpc) is 2.51. The van der Waals surface area contributed by atoms with Gasteiger partial charge in [-0.1, -0.05) is 0 Å². The third-order valence-electron chi connectivity index (χ3n) is 1.56. The first-order chi connectivity index (χ1) is 5.90. The van der Waals surface area contributed by atoms with Gasteiger partial charge in [-0.25, -0.2) is 0 Å². The highest BCUT2D eigenvalue weighted by Crippen LogP contribution is 2.36. The van der Waals surface area contributed by atoms with Gasteiger partial charge in [0.1, 0.15) is 17.5 Å². The van der Waals surface area contributed by atoms with Crippen LogP contribution in [0.3, 0.4) is 0 Å². The molecule has 0 N–H and O–H groups in total. The topological polar surface area (TPSA) is 21.6 Å². The van der Waals surface area contributed by atoms with E-state index in [0.717, 1.165) is 16.3 Å². The fourth-order valence-electron chi connectivity index (χ4n) is 1.05. The molecular formula is C9H8NOS+. The minimum absolute atomic E-state index is 0.694. The van der Waals surface area contributed by atoms with E-state index in [4.69, 9.17) is 4.74 Å². The molecule has 0 fully saturated rings. The van der Waals surface area contributed by atoms with E-state index >= 15 is 0 Å². The van der Waals surface area contributed by atoms with Gasteiger partial charge >= 0.3 is 0 Å². The van der Waals surface area contributed by atoms with Gasteiger partial charge in [0.05, 0.1) is 12.7 Å². The van der Waals surface area contributed by atoms with Crippen LogP contribution >= 0.6 is 11.8 Å². The fourth-order valence-corrected chi connectivity index (χ4v) is 1.64. The number of hydrogen-bond acceptors (Lipinski definition) is 3. The lowest BCUT2D eigenvalue weighted by Crippen LogP contribution is -1.90. The Morgan fingerprint density at radius 2 is 2.50 bits per heavy atom. The summed E-state index contributed by atoms with van der Waals surface area (Å²) in [6.07, 6.45) is 0. The molecule has 0 bridgehead atoms. The molecule has 1 aromatic rings. The van der Waals surface area contributed by atoms with Gasteiger partial charge < -0.3 is 4.74 Å². The van der Waals surface area contributed by atoms with Crippen LogP contribution in [0.4, 0.5) is 5.69 Å². The Bertz CT molecular complexity index is 322. The van der Waals surface area contributed by atoms with Crippen molar-refractivity contribution in [1.29, 1.82) is 0 Å². The van der Waals surface area contributed by atoms with Gasteiger partial charge in [-0.2, -0.15) is 0 Å². The third kappa shape index (κ3) is 1.29. The SMILES string of the molecule is CCOc1ccc2c(c1)N=[C+]S2. The standard InChI is InChI=1S/C9H8NOS/c1-2-11-7-3-4-9-8(5-7)10-6-12-9/h3-5H,2H2,1H3/q+1. The molecule has 12 heavy (non-hydrogen) atoms. The molecule has 2 rings (SSSR count). The smallest absolute Gasteiger partial charge is 0.272 e. The molecular weight excluding hydrogens is 170 g/mol. The van der Waals surface area contributed by atoms with E-state index in [0.29, 0.717) is 6.61 Å². The second kappa shape index (κ2) is 3.13. The molecule has 0 saturated heterocycles. The van der Waals surface area contributed by atoms with Gasteiger partial charge in [-0.15, -0.1) is 0 Å². The number of hydrogen-bond donors (Lipinski definition) is 0. The predicted molar refractivity (Wildman–Crippen MR) is 50.6 cm³/mol. The zero-order chi connectivity index (χ0) is 8.39. The van der Waals surface area contributed by atoms with Crippen LogP contribution in [0.25, 0.3) is 0 Å². The quantitative estimate of drug-likeness (QED) is 0.649. The minimum Gasteiger partial charge on any atom is -0.492 e. The Hall–Kier alpha value is -1.05. The lowest BCUT2D eigenvalue weighted by molar-refractivity contribution is 0.340. The van der Waals surface area contributed by atoms with Gasteiger partial charge in [0.25, 0.3) is 5.55 Å². The molecule has 1 aromatic carbocycles. The summed E-state index contributed by atoms with van der Waals surface area (Å²) in [6.45, 7) is 2.66. The van der Waals surface area contributed by atoms with E-state index in [1.165, 1.54) is 11.8 Å². The Balaban J connectivity index is 2.31. The minimum atomic E-state index is 0.694. The van der Waals surface area contributed by atoms with Crippen LogP contribution in [0, 0.1) is 0 Å². The maximum atomic E-state index is 5.33. The summed E-state index contributed by atoms with van der Waals surface area (Å²) in [5.74, 6) is 0.879. The zero-order valence-corrected chi connectivity index (χ0v) is 7.52. The first kappa shape index (κ1) is 7.59. The van der Waals surface area contributed by atoms with E-state index in [1.807, 2.05) is 25.1 Å². The van der Waals surface area contributed by atoms with Crippen molar-refractivity contribution in [2.75, 3.05) is 6.61 Å². The number of ether oxygens (including phenoxy) is 1. The van der Waals surface area contributed by atoms with Gasteiger partial charge in [0, 0.05) is 4.99 Å². The number of benzene rings is 1. The number of rotatable bonds is 2. The van der Waals surface area contributed by atoms with Gasteiger partial charge in [0.2, 0.25) is 5.69 Å². The molecule has 2 nitrogen and oxygen atoms in total. The maximum Gasteiger partial charge on any atom is 0.272 e. The van der Waals surface area contributed by atoms with Gasteiger partial charge in [-0.3, -0.25) is 0 Å². The molecule has 0 spiro atoms. The molecule has 1 aliphatic rings. The van der Waals surface area contributed by atoms with E-state index in [1.54, 1.807) is 0 Å². The fraction of sp³-hybridized carbons (Fsp3) is 0.222. The molecule has 0 aliphatic carbocycles. The molecule has 0 amide bonds. The van der Waals surface area contributed by atoms with Crippen molar-refractivity contribution < 1.29 is 4.74 Å². The summed E-state index contributed by atoms with van der Waals surface area (Å²) in [7, 11) is 0. The molecule has 0 aromatic heterocycles.